The van der Waals surface area contributed by atoms with Crippen molar-refractivity contribution in [1.29, 1.82) is 0 Å². The first-order valence-electron chi connectivity index (χ1n) is 5.49. The lowest BCUT2D eigenvalue weighted by Gasteiger charge is -1.97. The minimum Gasteiger partial charge on any atom is -0.397 e. The quantitative estimate of drug-likeness (QED) is 0.782. The minimum atomic E-state index is 0.268. The van der Waals surface area contributed by atoms with Gasteiger partial charge in [0.1, 0.15) is 5.69 Å². The first-order chi connectivity index (χ1) is 9.63. The summed E-state index contributed by atoms with van der Waals surface area (Å²) in [7, 11) is 0. The molecule has 3 rings (SSSR count). The topological polar surface area (TPSA) is 90.7 Å². The van der Waals surface area contributed by atoms with E-state index in [9.17, 15) is 0 Å². The van der Waals surface area contributed by atoms with Crippen LogP contribution in [0, 0.1) is 0 Å². The number of nitrogen functional groups attached to an aromatic ring is 1. The molecular weight excluding hydrogens is 301 g/mol. The van der Waals surface area contributed by atoms with Crippen molar-refractivity contribution in [1.82, 2.24) is 20.1 Å². The fraction of sp³-hybridized carbons (Fsp3) is 0. The lowest BCUT2D eigenvalue weighted by atomic mass is 10.2. The van der Waals surface area contributed by atoms with Gasteiger partial charge in [-0.25, -0.2) is 4.98 Å². The number of nitrogens with two attached hydrogens (primary N) is 1. The van der Waals surface area contributed by atoms with Gasteiger partial charge in [0.25, 0.3) is 5.89 Å². The zero-order valence-electron chi connectivity index (χ0n) is 9.92. The largest absolute Gasteiger partial charge is 0.397 e. The van der Waals surface area contributed by atoms with Crippen LogP contribution in [0.3, 0.4) is 0 Å². The Kier molecular flexibility index (Phi) is 3.25. The predicted octanol–water partition coefficient (Wildman–Crippen LogP) is 3.08. The van der Waals surface area contributed by atoms with Crippen molar-refractivity contribution in [2.24, 2.45) is 0 Å². The van der Waals surface area contributed by atoms with E-state index >= 15 is 0 Å². The molecule has 0 fully saturated rings. The number of nitrogens with zero attached hydrogens (tertiary/aromatic N) is 4. The van der Waals surface area contributed by atoms with Gasteiger partial charge >= 0.3 is 0 Å². The molecule has 0 amide bonds. The van der Waals surface area contributed by atoms with Crippen LogP contribution in [0.25, 0.3) is 23.0 Å². The van der Waals surface area contributed by atoms with E-state index in [2.05, 4.69) is 20.1 Å². The maximum Gasteiger partial charge on any atom is 0.259 e. The zero-order chi connectivity index (χ0) is 14.1. The second kappa shape index (κ2) is 5.07. The highest BCUT2D eigenvalue weighted by molar-refractivity contribution is 6.35. The summed E-state index contributed by atoms with van der Waals surface area (Å²) in [6.45, 7) is 0. The zero-order valence-corrected chi connectivity index (χ0v) is 11.4. The number of aromatic nitrogens is 4. The van der Waals surface area contributed by atoms with Crippen molar-refractivity contribution in [2.45, 2.75) is 0 Å². The van der Waals surface area contributed by atoms with E-state index in [1.807, 2.05) is 0 Å². The van der Waals surface area contributed by atoms with Crippen LogP contribution in [-0.2, 0) is 0 Å². The first kappa shape index (κ1) is 12.8. The van der Waals surface area contributed by atoms with Gasteiger partial charge in [-0.2, -0.15) is 4.98 Å². The fourth-order valence-corrected chi connectivity index (χ4v) is 2.06. The Morgan fingerprint density at radius 2 is 1.95 bits per heavy atom. The summed E-state index contributed by atoms with van der Waals surface area (Å²) in [6.07, 6.45) is 4.56. The average Bonchev–Trinajstić information content (AvgIpc) is 2.88. The summed E-state index contributed by atoms with van der Waals surface area (Å²) >= 11 is 11.8. The molecule has 2 N–H and O–H groups in total. The van der Waals surface area contributed by atoms with E-state index in [4.69, 9.17) is 33.5 Å². The van der Waals surface area contributed by atoms with Gasteiger partial charge in [-0.05, 0) is 12.1 Å². The van der Waals surface area contributed by atoms with E-state index in [0.29, 0.717) is 27.0 Å². The lowest BCUT2D eigenvalue weighted by Crippen LogP contribution is -1.89. The SMILES string of the molecule is Nc1cncc(-c2nc(-c3ncc(Cl)cc3Cl)no2)c1. The number of anilines is 1. The molecule has 20 heavy (non-hydrogen) atoms. The standard InChI is InChI=1S/C12H7Cl2N5O/c13-7-2-9(14)10(17-4-7)11-18-12(20-19-11)6-1-8(15)5-16-3-6/h1-5H,15H2. The van der Waals surface area contributed by atoms with Crippen LogP contribution in [0.2, 0.25) is 10.0 Å². The highest BCUT2D eigenvalue weighted by Crippen LogP contribution is 2.27. The summed E-state index contributed by atoms with van der Waals surface area (Å²) in [5.74, 6) is 0.553. The van der Waals surface area contributed by atoms with E-state index in [0.717, 1.165) is 0 Å². The van der Waals surface area contributed by atoms with Crippen LogP contribution in [0.1, 0.15) is 0 Å². The van der Waals surface area contributed by atoms with Gasteiger partial charge in [-0.1, -0.05) is 28.4 Å². The number of hydrogen-bond acceptors (Lipinski definition) is 6. The third-order valence-electron chi connectivity index (χ3n) is 2.45. The van der Waals surface area contributed by atoms with E-state index < -0.39 is 0 Å². The molecule has 3 heterocycles. The summed E-state index contributed by atoms with van der Waals surface area (Å²) in [4.78, 5) is 12.3. The van der Waals surface area contributed by atoms with Gasteiger partial charge in [0.05, 0.1) is 21.3 Å². The van der Waals surface area contributed by atoms with Gasteiger partial charge in [0.15, 0.2) is 0 Å². The lowest BCUT2D eigenvalue weighted by molar-refractivity contribution is 0.432. The summed E-state index contributed by atoms with van der Waals surface area (Å²) in [5, 5.41) is 4.61. The maximum absolute atomic E-state index is 6.04. The Morgan fingerprint density at radius 3 is 2.70 bits per heavy atom. The highest BCUT2D eigenvalue weighted by atomic mass is 35.5. The van der Waals surface area contributed by atoms with Crippen LogP contribution >= 0.6 is 23.2 Å². The van der Waals surface area contributed by atoms with Gasteiger partial charge in [-0.3, -0.25) is 4.98 Å². The van der Waals surface area contributed by atoms with Crippen molar-refractivity contribution in [3.63, 3.8) is 0 Å². The summed E-state index contributed by atoms with van der Waals surface area (Å²) in [6, 6.07) is 3.24. The summed E-state index contributed by atoms with van der Waals surface area (Å²) in [5.41, 5.74) is 7.17. The smallest absolute Gasteiger partial charge is 0.259 e. The van der Waals surface area contributed by atoms with Crippen LogP contribution in [-0.4, -0.2) is 20.1 Å². The average molecular weight is 308 g/mol. The molecule has 3 aromatic heterocycles. The van der Waals surface area contributed by atoms with E-state index in [1.165, 1.54) is 12.4 Å². The molecule has 0 radical (unpaired) electrons. The Balaban J connectivity index is 2.02. The third kappa shape index (κ3) is 2.43. The van der Waals surface area contributed by atoms with Gasteiger partial charge in [0, 0.05) is 18.6 Å². The van der Waals surface area contributed by atoms with Crippen molar-refractivity contribution >= 4 is 28.9 Å². The number of pyridine rings is 2. The van der Waals surface area contributed by atoms with Crippen LogP contribution < -0.4 is 5.73 Å². The van der Waals surface area contributed by atoms with Crippen molar-refractivity contribution in [3.8, 4) is 23.0 Å². The molecule has 0 aromatic carbocycles. The highest BCUT2D eigenvalue weighted by Gasteiger charge is 2.15. The Labute approximate surface area is 123 Å². The Morgan fingerprint density at radius 1 is 1.10 bits per heavy atom. The normalized spacial score (nSPS) is 10.7. The Bertz CT molecular complexity index is 774. The van der Waals surface area contributed by atoms with Crippen LogP contribution in [0.15, 0.2) is 35.2 Å². The number of rotatable bonds is 2. The van der Waals surface area contributed by atoms with E-state index in [-0.39, 0.29) is 11.7 Å². The molecule has 0 aliphatic rings. The molecule has 0 aliphatic carbocycles. The van der Waals surface area contributed by atoms with Crippen LogP contribution in [0.5, 0.6) is 0 Å². The van der Waals surface area contributed by atoms with Crippen molar-refractivity contribution < 1.29 is 4.52 Å². The Hall–Kier alpha value is -2.18. The molecule has 0 aliphatic heterocycles. The molecule has 3 aromatic rings. The molecule has 0 bridgehead atoms. The maximum atomic E-state index is 6.04. The summed E-state index contributed by atoms with van der Waals surface area (Å²) < 4.78 is 5.16. The first-order valence-corrected chi connectivity index (χ1v) is 6.25. The molecule has 100 valence electrons. The van der Waals surface area contributed by atoms with Crippen LogP contribution in [0.4, 0.5) is 5.69 Å². The minimum absolute atomic E-state index is 0.268. The molecule has 0 atom stereocenters. The molecule has 0 unspecified atom stereocenters. The monoisotopic (exact) mass is 307 g/mol. The molecule has 0 saturated heterocycles. The molecule has 0 spiro atoms. The third-order valence-corrected chi connectivity index (χ3v) is 2.95. The van der Waals surface area contributed by atoms with Crippen molar-refractivity contribution in [2.75, 3.05) is 5.73 Å². The molecule has 8 heteroatoms. The number of halogens is 2. The molecular formula is C12H7Cl2N5O. The predicted molar refractivity (Wildman–Crippen MR) is 75.2 cm³/mol. The number of hydrogen-bond donors (Lipinski definition) is 1. The van der Waals surface area contributed by atoms with E-state index in [1.54, 1.807) is 18.3 Å². The molecule has 0 saturated carbocycles. The molecule has 6 nitrogen and oxygen atoms in total. The second-order valence-electron chi connectivity index (χ2n) is 3.91. The van der Waals surface area contributed by atoms with Gasteiger partial charge < -0.3 is 10.3 Å². The second-order valence-corrected chi connectivity index (χ2v) is 4.76. The fourth-order valence-electron chi connectivity index (χ4n) is 1.59. The van der Waals surface area contributed by atoms with Crippen molar-refractivity contribution in [3.05, 3.63) is 40.8 Å². The van der Waals surface area contributed by atoms with Gasteiger partial charge in [-0.15, -0.1) is 0 Å². The van der Waals surface area contributed by atoms with Gasteiger partial charge in [0.2, 0.25) is 5.82 Å².